The highest BCUT2D eigenvalue weighted by atomic mass is 32.2. The molecule has 0 saturated carbocycles. The molecule has 9 heteroatoms. The van der Waals surface area contributed by atoms with Crippen LogP contribution in [0.1, 0.15) is 42.3 Å². The predicted octanol–water partition coefficient (Wildman–Crippen LogP) is 2.83. The Morgan fingerprint density at radius 2 is 1.82 bits per heavy atom. The van der Waals surface area contributed by atoms with Crippen LogP contribution in [0.4, 0.5) is 0 Å². The molecule has 0 aliphatic carbocycles. The van der Waals surface area contributed by atoms with Crippen LogP contribution in [-0.4, -0.2) is 57.6 Å². The number of carbonyl (C=O) groups excluding carboxylic acids is 1. The molecule has 1 heterocycles. The van der Waals surface area contributed by atoms with E-state index in [1.54, 1.807) is 30.3 Å². The largest absolute Gasteiger partial charge is 0.497 e. The van der Waals surface area contributed by atoms with E-state index in [1.807, 2.05) is 13.8 Å². The molecular formula is C24H32N2O6S. The van der Waals surface area contributed by atoms with Crippen molar-refractivity contribution < 1.29 is 27.8 Å². The summed E-state index contributed by atoms with van der Waals surface area (Å²) in [5.74, 6) is 1.11. The summed E-state index contributed by atoms with van der Waals surface area (Å²) in [6, 6.07) is 11.0. The number of rotatable bonds is 8. The van der Waals surface area contributed by atoms with Crippen molar-refractivity contribution in [2.75, 3.05) is 33.9 Å². The standard InChI is InChI=1S/C24H32N2O6S/c1-16-10-17(2)15-26(14-16)33(29,30)20-7-5-6-18(11-20)24(28)25-13-22(27)21-12-19(31-3)8-9-23(21)32-4/h5-9,11-12,16-17,22,27H,10,13-15H2,1-4H3,(H,25,28). The van der Waals surface area contributed by atoms with Crippen molar-refractivity contribution in [1.29, 1.82) is 0 Å². The molecule has 3 rings (SSSR count). The van der Waals surface area contributed by atoms with Crippen molar-refractivity contribution in [1.82, 2.24) is 9.62 Å². The lowest BCUT2D eigenvalue weighted by atomic mass is 9.94. The quantitative estimate of drug-likeness (QED) is 0.607. The molecule has 3 atom stereocenters. The normalized spacial score (nSPS) is 20.2. The van der Waals surface area contributed by atoms with Gasteiger partial charge in [0, 0.05) is 30.8 Å². The Kier molecular flexibility index (Phi) is 7.99. The van der Waals surface area contributed by atoms with E-state index >= 15 is 0 Å². The second-order valence-electron chi connectivity index (χ2n) is 8.63. The highest BCUT2D eigenvalue weighted by Gasteiger charge is 2.32. The number of piperidine rings is 1. The smallest absolute Gasteiger partial charge is 0.251 e. The SMILES string of the molecule is COc1ccc(OC)c(C(O)CNC(=O)c2cccc(S(=O)(=O)N3CC(C)CC(C)C3)c2)c1. The maximum Gasteiger partial charge on any atom is 0.251 e. The summed E-state index contributed by atoms with van der Waals surface area (Å²) < 4.78 is 38.3. The predicted molar refractivity (Wildman–Crippen MR) is 125 cm³/mol. The zero-order chi connectivity index (χ0) is 24.2. The fraction of sp³-hybridized carbons (Fsp3) is 0.458. The van der Waals surface area contributed by atoms with Crippen molar-refractivity contribution >= 4 is 15.9 Å². The topological polar surface area (TPSA) is 105 Å². The van der Waals surface area contributed by atoms with E-state index in [2.05, 4.69) is 5.32 Å². The van der Waals surface area contributed by atoms with Crippen LogP contribution in [0, 0.1) is 11.8 Å². The summed E-state index contributed by atoms with van der Waals surface area (Å²) in [4.78, 5) is 12.8. The molecule has 2 N–H and O–H groups in total. The lowest BCUT2D eigenvalue weighted by Gasteiger charge is -2.34. The Labute approximate surface area is 195 Å². The first-order chi connectivity index (χ1) is 15.6. The van der Waals surface area contributed by atoms with Crippen molar-refractivity contribution in [3.8, 4) is 11.5 Å². The Morgan fingerprint density at radius 3 is 2.45 bits per heavy atom. The molecule has 33 heavy (non-hydrogen) atoms. The molecular weight excluding hydrogens is 444 g/mol. The fourth-order valence-corrected chi connectivity index (χ4v) is 5.98. The number of aliphatic hydroxyl groups excluding tert-OH is 1. The molecule has 8 nitrogen and oxygen atoms in total. The van der Waals surface area contributed by atoms with Gasteiger partial charge in [-0.25, -0.2) is 8.42 Å². The Morgan fingerprint density at radius 1 is 1.12 bits per heavy atom. The van der Waals surface area contributed by atoms with E-state index in [9.17, 15) is 18.3 Å². The second-order valence-corrected chi connectivity index (χ2v) is 10.6. The molecule has 3 unspecified atom stereocenters. The Bertz CT molecular complexity index is 1080. The van der Waals surface area contributed by atoms with E-state index in [-0.39, 0.29) is 28.8 Å². The maximum absolute atomic E-state index is 13.2. The van der Waals surface area contributed by atoms with Crippen LogP contribution in [0.5, 0.6) is 11.5 Å². The zero-order valence-corrected chi connectivity index (χ0v) is 20.3. The van der Waals surface area contributed by atoms with E-state index < -0.39 is 22.0 Å². The molecule has 1 saturated heterocycles. The lowest BCUT2D eigenvalue weighted by Crippen LogP contribution is -2.42. The first-order valence-corrected chi connectivity index (χ1v) is 12.4. The molecule has 2 aromatic carbocycles. The van der Waals surface area contributed by atoms with Gasteiger partial charge in [-0.1, -0.05) is 19.9 Å². The van der Waals surface area contributed by atoms with Crippen molar-refractivity contribution in [3.63, 3.8) is 0 Å². The second kappa shape index (κ2) is 10.5. The number of nitrogens with one attached hydrogen (secondary N) is 1. The van der Waals surface area contributed by atoms with Gasteiger partial charge in [0.2, 0.25) is 10.0 Å². The number of methoxy groups -OCH3 is 2. The summed E-state index contributed by atoms with van der Waals surface area (Å²) in [7, 11) is -0.689. The van der Waals surface area contributed by atoms with Crippen LogP contribution in [-0.2, 0) is 10.0 Å². The van der Waals surface area contributed by atoms with Gasteiger partial charge in [0.1, 0.15) is 17.6 Å². The number of hydrogen-bond donors (Lipinski definition) is 2. The Hall–Kier alpha value is -2.62. The minimum Gasteiger partial charge on any atom is -0.497 e. The van der Waals surface area contributed by atoms with E-state index in [1.165, 1.54) is 30.7 Å². The minimum atomic E-state index is -3.70. The van der Waals surface area contributed by atoms with Gasteiger partial charge in [-0.15, -0.1) is 0 Å². The van der Waals surface area contributed by atoms with Gasteiger partial charge in [0.15, 0.2) is 0 Å². The van der Waals surface area contributed by atoms with Crippen LogP contribution in [0.2, 0.25) is 0 Å². The number of amides is 1. The van der Waals surface area contributed by atoms with Gasteiger partial charge in [0.25, 0.3) is 5.91 Å². The monoisotopic (exact) mass is 476 g/mol. The summed E-state index contributed by atoms with van der Waals surface area (Å²) in [5.41, 5.74) is 0.681. The van der Waals surface area contributed by atoms with Crippen LogP contribution in [0.15, 0.2) is 47.4 Å². The molecule has 1 aliphatic rings. The van der Waals surface area contributed by atoms with Gasteiger partial charge in [-0.3, -0.25) is 4.79 Å². The van der Waals surface area contributed by atoms with Crippen molar-refractivity contribution in [2.24, 2.45) is 11.8 Å². The molecule has 180 valence electrons. The molecule has 1 aliphatic heterocycles. The molecule has 0 bridgehead atoms. The average molecular weight is 477 g/mol. The molecule has 0 spiro atoms. The molecule has 0 aromatic heterocycles. The van der Waals surface area contributed by atoms with Gasteiger partial charge >= 0.3 is 0 Å². The number of nitrogens with zero attached hydrogens (tertiary/aromatic N) is 1. The van der Waals surface area contributed by atoms with Crippen molar-refractivity contribution in [2.45, 2.75) is 31.3 Å². The van der Waals surface area contributed by atoms with E-state index in [4.69, 9.17) is 9.47 Å². The molecule has 1 fully saturated rings. The third-order valence-corrected chi connectivity index (χ3v) is 7.65. The lowest BCUT2D eigenvalue weighted by molar-refractivity contribution is 0.0914. The number of hydrogen-bond acceptors (Lipinski definition) is 6. The maximum atomic E-state index is 13.2. The van der Waals surface area contributed by atoms with Crippen molar-refractivity contribution in [3.05, 3.63) is 53.6 Å². The average Bonchev–Trinajstić information content (AvgIpc) is 2.81. The summed E-state index contributed by atoms with van der Waals surface area (Å²) >= 11 is 0. The number of sulfonamides is 1. The van der Waals surface area contributed by atoms with E-state index in [0.717, 1.165) is 6.42 Å². The Balaban J connectivity index is 1.72. The summed E-state index contributed by atoms with van der Waals surface area (Å²) in [5, 5.41) is 13.3. The fourth-order valence-electron chi connectivity index (χ4n) is 4.25. The van der Waals surface area contributed by atoms with Gasteiger partial charge in [-0.05, 0) is 54.7 Å². The van der Waals surface area contributed by atoms with Crippen LogP contribution in [0.25, 0.3) is 0 Å². The van der Waals surface area contributed by atoms with Gasteiger partial charge in [-0.2, -0.15) is 4.31 Å². The minimum absolute atomic E-state index is 0.0828. The summed E-state index contributed by atoms with van der Waals surface area (Å²) in [6.45, 7) is 4.95. The van der Waals surface area contributed by atoms with Crippen LogP contribution in [0.3, 0.4) is 0 Å². The number of ether oxygens (including phenoxy) is 2. The third-order valence-electron chi connectivity index (χ3n) is 5.82. The highest BCUT2D eigenvalue weighted by Crippen LogP contribution is 2.29. The first-order valence-electron chi connectivity index (χ1n) is 10.9. The highest BCUT2D eigenvalue weighted by molar-refractivity contribution is 7.89. The first kappa shape index (κ1) is 25.0. The number of aliphatic hydroxyl groups is 1. The zero-order valence-electron chi connectivity index (χ0n) is 19.4. The number of benzene rings is 2. The van der Waals surface area contributed by atoms with Gasteiger partial charge in [0.05, 0.1) is 19.1 Å². The molecule has 2 aromatic rings. The third kappa shape index (κ3) is 5.85. The number of carbonyl (C=O) groups is 1. The van der Waals surface area contributed by atoms with Crippen LogP contribution >= 0.6 is 0 Å². The summed E-state index contributed by atoms with van der Waals surface area (Å²) in [6.07, 6.45) is -0.0447. The van der Waals surface area contributed by atoms with Crippen LogP contribution < -0.4 is 14.8 Å². The molecule has 1 amide bonds. The van der Waals surface area contributed by atoms with Gasteiger partial charge < -0.3 is 19.9 Å². The van der Waals surface area contributed by atoms with E-state index in [0.29, 0.717) is 30.2 Å². The molecule has 0 radical (unpaired) electrons.